The Morgan fingerprint density at radius 2 is 2.00 bits per heavy atom. The van der Waals surface area contributed by atoms with Crippen molar-refractivity contribution in [3.05, 3.63) is 0 Å². The van der Waals surface area contributed by atoms with Gasteiger partial charge in [-0.1, -0.05) is 23.2 Å². The van der Waals surface area contributed by atoms with Crippen LogP contribution in [0, 0.1) is 23.7 Å². The number of ketones is 1. The Bertz CT molecular complexity index is 304. The molecule has 1 N–H and O–H groups in total. The van der Waals surface area contributed by atoms with Gasteiger partial charge in [0, 0.05) is 23.7 Å². The molecule has 0 radical (unpaired) electrons. The number of alkyl halides is 2. The number of halogens is 2. The summed E-state index contributed by atoms with van der Waals surface area (Å²) in [6, 6.07) is 0. The average molecular weight is 237 g/mol. The highest BCUT2D eigenvalue weighted by atomic mass is 35.5. The van der Waals surface area contributed by atoms with Crippen molar-refractivity contribution >= 4 is 29.0 Å². The third-order valence-corrected chi connectivity index (χ3v) is 4.73. The summed E-state index contributed by atoms with van der Waals surface area (Å²) >= 11 is 11.9. The molecule has 0 spiro atoms. The first-order chi connectivity index (χ1) is 6.55. The molecule has 2 saturated carbocycles. The number of aliphatic hydroxyl groups excluding tert-OH is 1. The van der Waals surface area contributed by atoms with Gasteiger partial charge >= 0.3 is 0 Å². The molecule has 0 aromatic heterocycles. The second-order valence-corrected chi connectivity index (χ2v) is 5.78. The molecule has 5 atom stereocenters. The van der Waals surface area contributed by atoms with Crippen molar-refractivity contribution in [2.75, 3.05) is 13.2 Å². The van der Waals surface area contributed by atoms with Crippen LogP contribution in [0.25, 0.3) is 0 Å². The molecule has 1 unspecified atom stereocenters. The topological polar surface area (TPSA) is 46.5 Å². The van der Waals surface area contributed by atoms with Crippen LogP contribution >= 0.6 is 23.2 Å². The van der Waals surface area contributed by atoms with Gasteiger partial charge < -0.3 is 9.84 Å². The summed E-state index contributed by atoms with van der Waals surface area (Å²) in [5.74, 6) is -0.570. The van der Waals surface area contributed by atoms with E-state index in [1.165, 1.54) is 0 Å². The van der Waals surface area contributed by atoms with Gasteiger partial charge in [0.15, 0.2) is 10.1 Å². The van der Waals surface area contributed by atoms with Crippen LogP contribution in [-0.2, 0) is 9.53 Å². The van der Waals surface area contributed by atoms with Crippen LogP contribution in [0.1, 0.15) is 0 Å². The number of carbonyl (C=O) groups excluding carboxylic acids is 1. The molecule has 3 rings (SSSR count). The number of Topliss-reactive ketones (excluding diaryl/α,β-unsaturated/α-hetero) is 1. The number of fused-ring (bicyclic) bond motifs is 5. The minimum Gasteiger partial charge on any atom is -0.392 e. The Hall–Kier alpha value is 0.170. The minimum atomic E-state index is -1.28. The molecular weight excluding hydrogens is 227 g/mol. The predicted octanol–water partition coefficient (Wildman–Crippen LogP) is 0.612. The van der Waals surface area contributed by atoms with E-state index in [9.17, 15) is 9.90 Å². The van der Waals surface area contributed by atoms with Crippen LogP contribution in [0.15, 0.2) is 0 Å². The molecule has 2 bridgehead atoms. The molecule has 78 valence electrons. The monoisotopic (exact) mass is 236 g/mol. The zero-order valence-corrected chi connectivity index (χ0v) is 8.83. The second-order valence-electron chi connectivity index (χ2n) is 4.39. The Labute approximate surface area is 91.3 Å². The van der Waals surface area contributed by atoms with Crippen LogP contribution in [-0.4, -0.2) is 34.5 Å². The maximum Gasteiger partial charge on any atom is 0.180 e. The van der Waals surface area contributed by atoms with Crippen molar-refractivity contribution in [1.82, 2.24) is 0 Å². The van der Waals surface area contributed by atoms with E-state index >= 15 is 0 Å². The molecule has 1 aliphatic heterocycles. The largest absolute Gasteiger partial charge is 0.392 e. The third-order valence-electron chi connectivity index (χ3n) is 3.86. The molecule has 14 heavy (non-hydrogen) atoms. The molecule has 0 amide bonds. The molecule has 0 aromatic rings. The highest BCUT2D eigenvalue weighted by Crippen LogP contribution is 2.62. The number of hydrogen-bond donors (Lipinski definition) is 1. The summed E-state index contributed by atoms with van der Waals surface area (Å²) in [6.07, 6.45) is -0.470. The fraction of sp³-hybridized carbons (Fsp3) is 0.889. The molecule has 3 nitrogen and oxygen atoms in total. The average Bonchev–Trinajstić information content (AvgIpc) is 2.33. The number of hydrogen-bond acceptors (Lipinski definition) is 3. The lowest BCUT2D eigenvalue weighted by molar-refractivity contribution is -0.136. The molecule has 1 saturated heterocycles. The van der Waals surface area contributed by atoms with Gasteiger partial charge in [-0.25, -0.2) is 0 Å². The zero-order valence-electron chi connectivity index (χ0n) is 7.32. The molecule has 0 aromatic carbocycles. The van der Waals surface area contributed by atoms with Gasteiger partial charge in [-0.3, -0.25) is 4.79 Å². The van der Waals surface area contributed by atoms with Gasteiger partial charge in [0.05, 0.1) is 19.3 Å². The Kier molecular flexibility index (Phi) is 1.77. The Morgan fingerprint density at radius 1 is 1.36 bits per heavy atom. The van der Waals surface area contributed by atoms with E-state index in [-0.39, 0.29) is 29.5 Å². The van der Waals surface area contributed by atoms with Crippen molar-refractivity contribution in [3.8, 4) is 0 Å². The van der Waals surface area contributed by atoms with Gasteiger partial charge in [0.25, 0.3) is 0 Å². The van der Waals surface area contributed by atoms with Gasteiger partial charge in [-0.15, -0.1) is 0 Å². The van der Waals surface area contributed by atoms with E-state index < -0.39 is 10.4 Å². The number of carbonyl (C=O) groups is 1. The van der Waals surface area contributed by atoms with E-state index in [1.807, 2.05) is 0 Å². The van der Waals surface area contributed by atoms with Crippen LogP contribution < -0.4 is 0 Å². The SMILES string of the molecule is O=C1[C@H]2[C@H]([C@@H]3COC[C@H]2C3O)C1(Cl)Cl. The first-order valence-corrected chi connectivity index (χ1v) is 5.48. The van der Waals surface area contributed by atoms with Crippen molar-refractivity contribution in [3.63, 3.8) is 0 Å². The molecule has 1 heterocycles. The lowest BCUT2D eigenvalue weighted by atomic mass is 9.68. The number of aliphatic hydroxyl groups is 1. The molecule has 2 aliphatic carbocycles. The second kappa shape index (κ2) is 2.64. The Morgan fingerprint density at radius 3 is 2.71 bits per heavy atom. The standard InChI is InChI=1S/C9H10Cl2O3/c10-9(11)6-4-2-14-1-3(7(4)12)5(6)8(9)13/h3-7,12H,1-2H2/t3-,4+,5-,6+,7?/m1/s1. The van der Waals surface area contributed by atoms with Crippen LogP contribution in [0.2, 0.25) is 0 Å². The lowest BCUT2D eigenvalue weighted by Crippen LogP contribution is -2.57. The summed E-state index contributed by atoms with van der Waals surface area (Å²) in [5.41, 5.74) is 0. The van der Waals surface area contributed by atoms with E-state index in [2.05, 4.69) is 0 Å². The van der Waals surface area contributed by atoms with Crippen molar-refractivity contribution in [2.45, 2.75) is 10.4 Å². The molecule has 3 aliphatic rings. The first kappa shape index (κ1) is 9.40. The third kappa shape index (κ3) is 0.854. The summed E-state index contributed by atoms with van der Waals surface area (Å²) in [6.45, 7) is 0.918. The van der Waals surface area contributed by atoms with Gasteiger partial charge in [0.1, 0.15) is 0 Å². The highest BCUT2D eigenvalue weighted by molar-refractivity contribution is 6.61. The molecule has 5 heteroatoms. The maximum atomic E-state index is 11.6. The fourth-order valence-corrected chi connectivity index (χ4v) is 4.01. The Balaban J connectivity index is 2.00. The minimum absolute atomic E-state index is 0.0635. The number of rotatable bonds is 0. The predicted molar refractivity (Wildman–Crippen MR) is 50.2 cm³/mol. The van der Waals surface area contributed by atoms with Crippen molar-refractivity contribution < 1.29 is 14.6 Å². The molecular formula is C9H10Cl2O3. The summed E-state index contributed by atoms with van der Waals surface area (Å²) in [7, 11) is 0. The zero-order chi connectivity index (χ0) is 10.1. The van der Waals surface area contributed by atoms with Crippen molar-refractivity contribution in [2.24, 2.45) is 23.7 Å². The van der Waals surface area contributed by atoms with Crippen molar-refractivity contribution in [1.29, 1.82) is 0 Å². The van der Waals surface area contributed by atoms with Crippen LogP contribution in [0.4, 0.5) is 0 Å². The van der Waals surface area contributed by atoms with E-state index in [4.69, 9.17) is 27.9 Å². The summed E-state index contributed by atoms with van der Waals surface area (Å²) in [5, 5.41) is 9.89. The fourth-order valence-electron chi connectivity index (χ4n) is 3.16. The van der Waals surface area contributed by atoms with Crippen LogP contribution in [0.5, 0.6) is 0 Å². The maximum absolute atomic E-state index is 11.6. The van der Waals surface area contributed by atoms with Gasteiger partial charge in [-0.05, 0) is 0 Å². The smallest absolute Gasteiger partial charge is 0.180 e. The summed E-state index contributed by atoms with van der Waals surface area (Å²) in [4.78, 5) is 11.6. The number of ether oxygens (including phenoxy) is 1. The normalized spacial score (nSPS) is 53.9. The van der Waals surface area contributed by atoms with Crippen LogP contribution in [0.3, 0.4) is 0 Å². The first-order valence-electron chi connectivity index (χ1n) is 4.73. The quantitative estimate of drug-likeness (QED) is 0.628. The summed E-state index contributed by atoms with van der Waals surface area (Å²) < 4.78 is 4.04. The molecule has 3 fully saturated rings. The highest BCUT2D eigenvalue weighted by Gasteiger charge is 2.72. The van der Waals surface area contributed by atoms with E-state index in [0.717, 1.165) is 0 Å². The van der Waals surface area contributed by atoms with E-state index in [0.29, 0.717) is 13.2 Å². The van der Waals surface area contributed by atoms with E-state index in [1.54, 1.807) is 0 Å². The lowest BCUT2D eigenvalue weighted by Gasteiger charge is -2.43. The van der Waals surface area contributed by atoms with Gasteiger partial charge in [0.2, 0.25) is 0 Å². The van der Waals surface area contributed by atoms with Gasteiger partial charge in [-0.2, -0.15) is 0 Å².